The number of rotatable bonds is 7. The quantitative estimate of drug-likeness (QED) is 0.545. The van der Waals surface area contributed by atoms with Crippen LogP contribution in [0.25, 0.3) is 0 Å². The number of nitrogens with zero attached hydrogens (tertiary/aromatic N) is 3. The second-order valence-corrected chi connectivity index (χ2v) is 7.99. The van der Waals surface area contributed by atoms with Crippen LogP contribution in [0.15, 0.2) is 35.5 Å². The highest BCUT2D eigenvalue weighted by molar-refractivity contribution is 7.98. The zero-order valence-corrected chi connectivity index (χ0v) is 16.8. The molecule has 0 saturated heterocycles. The highest BCUT2D eigenvalue weighted by atomic mass is 32.2. The third-order valence-corrected chi connectivity index (χ3v) is 6.08. The number of carboxylic acid groups (broad SMARTS) is 1. The zero-order chi connectivity index (χ0) is 19.2. The summed E-state index contributed by atoms with van der Waals surface area (Å²) in [6, 6.07) is 9.68. The Bertz CT molecular complexity index is 773. The molecule has 1 N–H and O–H groups in total. The molecule has 1 aliphatic rings. The van der Waals surface area contributed by atoms with Crippen LogP contribution in [-0.2, 0) is 12.2 Å². The van der Waals surface area contributed by atoms with E-state index in [0.717, 1.165) is 34.4 Å². The Balaban J connectivity index is 1.71. The van der Waals surface area contributed by atoms with E-state index in [1.807, 2.05) is 12.1 Å². The summed E-state index contributed by atoms with van der Waals surface area (Å²) >= 11 is 1.60. The van der Waals surface area contributed by atoms with E-state index in [0.29, 0.717) is 11.6 Å². The third-order valence-electron chi connectivity index (χ3n) is 5.16. The van der Waals surface area contributed by atoms with Gasteiger partial charge in [-0.15, -0.1) is 0 Å². The molecule has 2 aromatic rings. The van der Waals surface area contributed by atoms with Crippen LogP contribution in [-0.4, -0.2) is 34.1 Å². The summed E-state index contributed by atoms with van der Waals surface area (Å²) in [5.41, 5.74) is 2.44. The van der Waals surface area contributed by atoms with Gasteiger partial charge in [-0.2, -0.15) is 0 Å². The van der Waals surface area contributed by atoms with Crippen molar-refractivity contribution in [3.63, 3.8) is 0 Å². The van der Waals surface area contributed by atoms with Gasteiger partial charge in [0, 0.05) is 30.6 Å². The number of aromatic nitrogens is 2. The molecule has 1 fully saturated rings. The maximum Gasteiger partial charge on any atom is 0.335 e. The lowest BCUT2D eigenvalue weighted by atomic mass is 9.94. The van der Waals surface area contributed by atoms with Gasteiger partial charge >= 0.3 is 5.97 Å². The molecule has 1 saturated carbocycles. The van der Waals surface area contributed by atoms with Crippen molar-refractivity contribution in [1.82, 2.24) is 9.97 Å². The summed E-state index contributed by atoms with van der Waals surface area (Å²) in [6.45, 7) is 2.12. The molecule has 1 aromatic heterocycles. The van der Waals surface area contributed by atoms with Gasteiger partial charge in [-0.25, -0.2) is 14.8 Å². The summed E-state index contributed by atoms with van der Waals surface area (Å²) < 4.78 is 0. The molecule has 0 amide bonds. The molecule has 0 spiro atoms. The largest absolute Gasteiger partial charge is 0.478 e. The van der Waals surface area contributed by atoms with E-state index in [2.05, 4.69) is 29.9 Å². The van der Waals surface area contributed by atoms with Crippen molar-refractivity contribution in [2.75, 3.05) is 11.9 Å². The molecule has 27 heavy (non-hydrogen) atoms. The van der Waals surface area contributed by atoms with Crippen LogP contribution in [0, 0.1) is 0 Å². The van der Waals surface area contributed by atoms with Crippen molar-refractivity contribution in [3.05, 3.63) is 47.2 Å². The van der Waals surface area contributed by atoms with Crippen molar-refractivity contribution >= 4 is 23.5 Å². The predicted molar refractivity (Wildman–Crippen MR) is 110 cm³/mol. The molecule has 3 rings (SSSR count). The minimum atomic E-state index is -0.899. The predicted octanol–water partition coefficient (Wildman–Crippen LogP) is 4.80. The molecule has 0 bridgehead atoms. The van der Waals surface area contributed by atoms with Crippen molar-refractivity contribution < 1.29 is 9.90 Å². The molecular formula is C21H27N3O2S. The Hall–Kier alpha value is -2.08. The smallest absolute Gasteiger partial charge is 0.335 e. The van der Waals surface area contributed by atoms with Gasteiger partial charge in [0.25, 0.3) is 0 Å². The van der Waals surface area contributed by atoms with E-state index >= 15 is 0 Å². The molecule has 1 aromatic carbocycles. The van der Waals surface area contributed by atoms with E-state index < -0.39 is 5.97 Å². The summed E-state index contributed by atoms with van der Waals surface area (Å²) in [5.74, 6) is 0.834. The van der Waals surface area contributed by atoms with E-state index in [4.69, 9.17) is 10.1 Å². The first-order chi connectivity index (χ1) is 13.1. The Kier molecular flexibility index (Phi) is 6.72. The normalized spacial score (nSPS) is 14.9. The van der Waals surface area contributed by atoms with Gasteiger partial charge in [0.05, 0.1) is 5.56 Å². The first-order valence-corrected chi connectivity index (χ1v) is 10.6. The van der Waals surface area contributed by atoms with Crippen molar-refractivity contribution in [3.8, 4) is 0 Å². The van der Waals surface area contributed by atoms with Gasteiger partial charge in [-0.1, -0.05) is 50.1 Å². The second-order valence-electron chi connectivity index (χ2n) is 7.05. The summed E-state index contributed by atoms with van der Waals surface area (Å²) in [6.07, 6.45) is 7.30. The Labute approximate surface area is 165 Å². The fraction of sp³-hybridized carbons (Fsp3) is 0.476. The van der Waals surface area contributed by atoms with Crippen LogP contribution in [0.3, 0.4) is 0 Å². The van der Waals surface area contributed by atoms with E-state index in [-0.39, 0.29) is 0 Å². The monoisotopic (exact) mass is 385 g/mol. The van der Waals surface area contributed by atoms with Gasteiger partial charge in [0.15, 0.2) is 5.16 Å². The Morgan fingerprint density at radius 3 is 2.52 bits per heavy atom. The van der Waals surface area contributed by atoms with Gasteiger partial charge in [-0.3, -0.25) is 0 Å². The van der Waals surface area contributed by atoms with E-state index in [1.165, 1.54) is 32.1 Å². The van der Waals surface area contributed by atoms with Gasteiger partial charge in [0.2, 0.25) is 0 Å². The van der Waals surface area contributed by atoms with Crippen molar-refractivity contribution in [1.29, 1.82) is 0 Å². The van der Waals surface area contributed by atoms with Crippen LogP contribution in [0.1, 0.15) is 60.6 Å². The van der Waals surface area contributed by atoms with E-state index in [9.17, 15) is 4.79 Å². The average Bonchev–Trinajstić information content (AvgIpc) is 2.72. The molecule has 0 radical (unpaired) electrons. The lowest BCUT2D eigenvalue weighted by molar-refractivity contribution is 0.0697. The molecule has 5 nitrogen and oxygen atoms in total. The minimum absolute atomic E-state index is 0.310. The lowest BCUT2D eigenvalue weighted by Crippen LogP contribution is -2.34. The topological polar surface area (TPSA) is 66.3 Å². The zero-order valence-electron chi connectivity index (χ0n) is 16.0. The van der Waals surface area contributed by atoms with Crippen LogP contribution in [0.2, 0.25) is 0 Å². The number of thioether (sulfide) groups is 1. The highest BCUT2D eigenvalue weighted by Gasteiger charge is 2.20. The number of benzene rings is 1. The van der Waals surface area contributed by atoms with Crippen LogP contribution in [0.4, 0.5) is 5.82 Å². The van der Waals surface area contributed by atoms with Gasteiger partial charge in [-0.05, 0) is 37.0 Å². The fourth-order valence-corrected chi connectivity index (χ4v) is 4.26. The first kappa shape index (κ1) is 19.7. The number of hydrogen-bond acceptors (Lipinski definition) is 5. The summed E-state index contributed by atoms with van der Waals surface area (Å²) in [5, 5.41) is 9.79. The summed E-state index contributed by atoms with van der Waals surface area (Å²) in [7, 11) is 2.15. The van der Waals surface area contributed by atoms with Crippen LogP contribution >= 0.6 is 11.8 Å². The number of aryl methyl sites for hydroxylation is 1. The fourth-order valence-electron chi connectivity index (χ4n) is 3.43. The molecule has 1 heterocycles. The number of carbonyl (C=O) groups is 1. The number of aromatic carboxylic acids is 1. The maximum absolute atomic E-state index is 11.0. The number of carboxylic acids is 1. The SMILES string of the molecule is CCc1cc(N(C)C2CCCCC2)nc(SCc2ccc(C(=O)O)cc2)n1. The molecule has 144 valence electrons. The van der Waals surface area contributed by atoms with Crippen LogP contribution in [0.5, 0.6) is 0 Å². The molecule has 6 heteroatoms. The third kappa shape index (κ3) is 5.22. The lowest BCUT2D eigenvalue weighted by Gasteiger charge is -2.32. The van der Waals surface area contributed by atoms with Gasteiger partial charge in [0.1, 0.15) is 5.82 Å². The molecule has 1 aliphatic carbocycles. The van der Waals surface area contributed by atoms with Crippen molar-refractivity contribution in [2.24, 2.45) is 0 Å². The van der Waals surface area contributed by atoms with Gasteiger partial charge < -0.3 is 10.0 Å². The standard InChI is InChI=1S/C21H27N3O2S/c1-3-17-13-19(24(2)18-7-5-4-6-8-18)23-21(22-17)27-14-15-9-11-16(12-10-15)20(25)26/h9-13,18H,3-8,14H2,1-2H3,(H,25,26). The number of hydrogen-bond donors (Lipinski definition) is 1. The molecular weight excluding hydrogens is 358 g/mol. The molecule has 0 atom stereocenters. The number of anilines is 1. The maximum atomic E-state index is 11.0. The summed E-state index contributed by atoms with van der Waals surface area (Å²) in [4.78, 5) is 22.8. The molecule has 0 unspecified atom stereocenters. The average molecular weight is 386 g/mol. The van der Waals surface area contributed by atoms with Crippen LogP contribution < -0.4 is 4.90 Å². The first-order valence-electron chi connectivity index (χ1n) is 9.62. The Morgan fingerprint density at radius 2 is 1.89 bits per heavy atom. The van der Waals surface area contributed by atoms with E-state index in [1.54, 1.807) is 23.9 Å². The second kappa shape index (κ2) is 9.22. The molecule has 0 aliphatic heterocycles. The Morgan fingerprint density at radius 1 is 1.19 bits per heavy atom. The highest BCUT2D eigenvalue weighted by Crippen LogP contribution is 2.28. The van der Waals surface area contributed by atoms with Crippen molar-refractivity contribution in [2.45, 2.75) is 62.4 Å². The minimum Gasteiger partial charge on any atom is -0.478 e.